The van der Waals surface area contributed by atoms with Crippen molar-refractivity contribution < 1.29 is 4.79 Å². The van der Waals surface area contributed by atoms with Crippen LogP contribution in [0.2, 0.25) is 5.02 Å². The molecule has 0 aromatic heterocycles. The Morgan fingerprint density at radius 3 is 2.73 bits per heavy atom. The summed E-state index contributed by atoms with van der Waals surface area (Å²) in [7, 11) is 0. The second-order valence-electron chi connectivity index (χ2n) is 5.97. The van der Waals surface area contributed by atoms with E-state index in [9.17, 15) is 4.79 Å². The van der Waals surface area contributed by atoms with Crippen molar-refractivity contribution in [2.24, 2.45) is 10.1 Å². The molecule has 5 nitrogen and oxygen atoms in total. The van der Waals surface area contributed by atoms with Gasteiger partial charge in [0.05, 0.1) is 5.36 Å². The molecule has 1 atom stereocenters. The zero-order valence-electron chi connectivity index (χ0n) is 14.1. The molecule has 1 amide bonds. The fourth-order valence-electron chi connectivity index (χ4n) is 2.94. The molecule has 0 spiro atoms. The van der Waals surface area contributed by atoms with Crippen molar-refractivity contribution in [3.05, 3.63) is 69.7 Å². The van der Waals surface area contributed by atoms with Crippen LogP contribution in [-0.2, 0) is 4.79 Å². The number of nitrogens with zero attached hydrogens (tertiary/aromatic N) is 3. The van der Waals surface area contributed by atoms with E-state index < -0.39 is 6.17 Å². The number of fused-ring (bicyclic) bond motifs is 2. The first-order valence-corrected chi connectivity index (χ1v) is 9.78. The van der Waals surface area contributed by atoms with Gasteiger partial charge in [0.2, 0.25) is 0 Å². The maximum Gasteiger partial charge on any atom is 0.276 e. The van der Waals surface area contributed by atoms with Crippen molar-refractivity contribution in [3.63, 3.8) is 0 Å². The van der Waals surface area contributed by atoms with E-state index in [0.29, 0.717) is 15.9 Å². The van der Waals surface area contributed by atoms with Crippen LogP contribution in [-0.4, -0.2) is 21.8 Å². The molecule has 132 valence electrons. The number of para-hydroxylation sites is 1. The highest BCUT2D eigenvalue weighted by atomic mass is 35.5. The number of hydrazone groups is 1. The number of rotatable bonds is 3. The van der Waals surface area contributed by atoms with Gasteiger partial charge in [-0.15, -0.1) is 5.10 Å². The summed E-state index contributed by atoms with van der Waals surface area (Å²) in [6, 6.07) is 15.1. The summed E-state index contributed by atoms with van der Waals surface area (Å²) in [4.78, 5) is 17.7. The van der Waals surface area contributed by atoms with E-state index in [-0.39, 0.29) is 5.91 Å². The number of hydrogen-bond acceptors (Lipinski definition) is 5. The lowest BCUT2D eigenvalue weighted by atomic mass is 10.1. The molecular formula is C19H17ClN4OS. The molecule has 26 heavy (non-hydrogen) atoms. The average Bonchev–Trinajstić information content (AvgIpc) is 2.66. The summed E-state index contributed by atoms with van der Waals surface area (Å²) in [5, 5.41) is 12.2. The number of thioether (sulfide) groups is 1. The van der Waals surface area contributed by atoms with Gasteiger partial charge in [0, 0.05) is 16.0 Å². The van der Waals surface area contributed by atoms with Crippen LogP contribution < -0.4 is 15.9 Å². The molecule has 0 bridgehead atoms. The van der Waals surface area contributed by atoms with Gasteiger partial charge in [0.25, 0.3) is 5.91 Å². The van der Waals surface area contributed by atoms with Crippen LogP contribution >= 0.6 is 23.4 Å². The number of benzene rings is 2. The predicted octanol–water partition coefficient (Wildman–Crippen LogP) is 2.63. The van der Waals surface area contributed by atoms with E-state index in [1.165, 1.54) is 11.8 Å². The van der Waals surface area contributed by atoms with Crippen LogP contribution in [0.4, 0.5) is 0 Å². The van der Waals surface area contributed by atoms with Crippen molar-refractivity contribution in [2.75, 3.05) is 5.75 Å². The quantitative estimate of drug-likeness (QED) is 0.885. The topological polar surface area (TPSA) is 57.1 Å². The fraction of sp³-hybridized carbons (Fsp3) is 0.211. The highest BCUT2D eigenvalue weighted by Crippen LogP contribution is 2.31. The van der Waals surface area contributed by atoms with Crippen LogP contribution in [0.5, 0.6) is 0 Å². The summed E-state index contributed by atoms with van der Waals surface area (Å²) in [5.41, 5.74) is 1.45. The van der Waals surface area contributed by atoms with Crippen molar-refractivity contribution in [3.8, 4) is 0 Å². The average molecular weight is 385 g/mol. The summed E-state index contributed by atoms with van der Waals surface area (Å²) in [5.74, 6) is 0.738. The van der Waals surface area contributed by atoms with Gasteiger partial charge in [0.15, 0.2) is 11.3 Å². The molecule has 2 heterocycles. The highest BCUT2D eigenvalue weighted by molar-refractivity contribution is 8.13. The third kappa shape index (κ3) is 3.10. The first-order chi connectivity index (χ1) is 12.7. The monoisotopic (exact) mass is 384 g/mol. The predicted molar refractivity (Wildman–Crippen MR) is 105 cm³/mol. The van der Waals surface area contributed by atoms with E-state index in [4.69, 9.17) is 16.6 Å². The zero-order chi connectivity index (χ0) is 18.1. The van der Waals surface area contributed by atoms with E-state index >= 15 is 0 Å². The van der Waals surface area contributed by atoms with Crippen LogP contribution in [0, 0.1) is 0 Å². The van der Waals surface area contributed by atoms with Crippen LogP contribution in [0.1, 0.15) is 25.1 Å². The number of carbonyl (C=O) groups is 1. The number of nitrogens with one attached hydrogen (secondary N) is 1. The van der Waals surface area contributed by atoms with Crippen LogP contribution in [0.25, 0.3) is 5.70 Å². The lowest BCUT2D eigenvalue weighted by molar-refractivity contribution is -0.116. The van der Waals surface area contributed by atoms with Crippen LogP contribution in [0.3, 0.4) is 0 Å². The number of amidine groups is 1. The van der Waals surface area contributed by atoms with Crippen molar-refractivity contribution in [1.82, 2.24) is 10.3 Å². The molecule has 2 aliphatic heterocycles. The molecule has 0 saturated carbocycles. The van der Waals surface area contributed by atoms with E-state index in [0.717, 1.165) is 28.3 Å². The molecule has 2 aromatic rings. The number of hydrogen-bond donors (Lipinski definition) is 1. The van der Waals surface area contributed by atoms with Gasteiger partial charge in [0.1, 0.15) is 5.70 Å². The maximum atomic E-state index is 12.8. The molecule has 1 N–H and O–H groups in total. The third-order valence-electron chi connectivity index (χ3n) is 4.13. The van der Waals surface area contributed by atoms with E-state index in [1.807, 2.05) is 48.5 Å². The van der Waals surface area contributed by atoms with Gasteiger partial charge in [-0.3, -0.25) is 15.1 Å². The standard InChI is InChI=1S/C19H17ClN4OS/c1-2-11-26-19-22-18(25)16-14-5-3-4-6-15(14)21-17(24(16)23-19)12-7-9-13(20)10-8-12/h3-10,17H,2,11H2,1H3,(H,22,23,25)/t17-/m0/s1. The lowest BCUT2D eigenvalue weighted by Gasteiger charge is -2.34. The number of amides is 1. The molecule has 7 heteroatoms. The second kappa shape index (κ2) is 7.13. The van der Waals surface area contributed by atoms with Crippen molar-refractivity contribution in [2.45, 2.75) is 19.5 Å². The molecule has 2 aliphatic rings. The highest BCUT2D eigenvalue weighted by Gasteiger charge is 2.34. The Labute approximate surface area is 160 Å². The summed E-state index contributed by atoms with van der Waals surface area (Å²) < 4.78 is 0. The molecular weight excluding hydrogens is 368 g/mol. The smallest absolute Gasteiger partial charge is 0.276 e. The molecule has 0 saturated heterocycles. The Morgan fingerprint density at radius 1 is 1.19 bits per heavy atom. The SMILES string of the molecule is CCCSC1=NN2C(=c3ccccc3=N[C@@H]2c2ccc(Cl)cc2)C(=O)N1. The number of carbonyl (C=O) groups excluding carboxylic acids is 1. The van der Waals surface area contributed by atoms with Gasteiger partial charge in [-0.25, -0.2) is 5.01 Å². The van der Waals surface area contributed by atoms with Gasteiger partial charge in [-0.1, -0.05) is 60.6 Å². The van der Waals surface area contributed by atoms with Crippen LogP contribution in [0.15, 0.2) is 58.6 Å². The van der Waals surface area contributed by atoms with E-state index in [1.54, 1.807) is 5.01 Å². The molecule has 2 aromatic carbocycles. The van der Waals surface area contributed by atoms with E-state index in [2.05, 4.69) is 17.3 Å². The molecule has 0 unspecified atom stereocenters. The lowest BCUT2D eigenvalue weighted by Crippen LogP contribution is -2.50. The third-order valence-corrected chi connectivity index (χ3v) is 5.45. The maximum absolute atomic E-state index is 12.8. The Hall–Kier alpha value is -2.31. The van der Waals surface area contributed by atoms with Crippen molar-refractivity contribution in [1.29, 1.82) is 0 Å². The Kier molecular flexibility index (Phi) is 4.70. The number of halogens is 1. The molecule has 4 rings (SSSR count). The second-order valence-corrected chi connectivity index (χ2v) is 7.49. The minimum Gasteiger partial charge on any atom is -0.298 e. The first kappa shape index (κ1) is 17.1. The Balaban J connectivity index is 1.89. The minimum absolute atomic E-state index is 0.153. The normalized spacial score (nSPS) is 18.5. The Morgan fingerprint density at radius 2 is 1.96 bits per heavy atom. The minimum atomic E-state index is -0.402. The van der Waals surface area contributed by atoms with Gasteiger partial charge in [-0.05, 0) is 30.2 Å². The molecule has 0 fully saturated rings. The zero-order valence-corrected chi connectivity index (χ0v) is 15.7. The molecule has 0 radical (unpaired) electrons. The summed E-state index contributed by atoms with van der Waals surface area (Å²) in [6.45, 7) is 2.10. The largest absolute Gasteiger partial charge is 0.298 e. The molecule has 0 aliphatic carbocycles. The van der Waals surface area contributed by atoms with Gasteiger partial charge in [-0.2, -0.15) is 0 Å². The first-order valence-electron chi connectivity index (χ1n) is 8.42. The van der Waals surface area contributed by atoms with Gasteiger partial charge >= 0.3 is 0 Å². The summed E-state index contributed by atoms with van der Waals surface area (Å²) in [6.07, 6.45) is 0.602. The van der Waals surface area contributed by atoms with Crippen molar-refractivity contribution >= 4 is 40.1 Å². The summed E-state index contributed by atoms with van der Waals surface area (Å²) >= 11 is 7.57. The van der Waals surface area contributed by atoms with Gasteiger partial charge < -0.3 is 0 Å². The fourth-order valence-corrected chi connectivity index (χ4v) is 3.78. The Bertz CT molecular complexity index is 1000.